The Morgan fingerprint density at radius 3 is 2.70 bits per heavy atom. The summed E-state index contributed by atoms with van der Waals surface area (Å²) in [5, 5.41) is 19.0. The number of benzene rings is 1. The number of amides is 2. The second-order valence-corrected chi connectivity index (χ2v) is 4.92. The van der Waals surface area contributed by atoms with Gasteiger partial charge < -0.3 is 20.5 Å². The van der Waals surface area contributed by atoms with E-state index in [-0.39, 0.29) is 12.6 Å². The van der Waals surface area contributed by atoms with E-state index in [2.05, 4.69) is 10.6 Å². The zero-order valence-corrected chi connectivity index (χ0v) is 11.8. The normalized spacial score (nSPS) is 11.7. The minimum atomic E-state index is -0.755. The first kappa shape index (κ1) is 14.4. The number of anilines is 1. The van der Waals surface area contributed by atoms with Crippen LogP contribution in [0.2, 0.25) is 0 Å². The number of carbonyl (C=O) groups excluding carboxylic acids is 1. The smallest absolute Gasteiger partial charge is 0.319 e. The Kier molecular flexibility index (Phi) is 4.97. The lowest BCUT2D eigenvalue weighted by Gasteiger charge is -2.13. The summed E-state index contributed by atoms with van der Waals surface area (Å²) >= 11 is 1.50. The Morgan fingerprint density at radius 2 is 2.10 bits per heavy atom. The van der Waals surface area contributed by atoms with Crippen LogP contribution in [0, 0.1) is 0 Å². The van der Waals surface area contributed by atoms with Gasteiger partial charge in [0.15, 0.2) is 0 Å². The Labute approximate surface area is 121 Å². The van der Waals surface area contributed by atoms with Crippen LogP contribution >= 0.6 is 11.3 Å². The van der Waals surface area contributed by atoms with Crippen LogP contribution in [-0.4, -0.2) is 24.8 Å². The topological polar surface area (TPSA) is 70.6 Å². The van der Waals surface area contributed by atoms with Gasteiger partial charge in [0.05, 0.1) is 18.9 Å². The maximum absolute atomic E-state index is 11.6. The van der Waals surface area contributed by atoms with Crippen LogP contribution < -0.4 is 15.4 Å². The summed E-state index contributed by atoms with van der Waals surface area (Å²) in [4.78, 5) is 11.6. The molecule has 1 aromatic heterocycles. The summed E-state index contributed by atoms with van der Waals surface area (Å²) in [7, 11) is 1.59. The first-order valence-corrected chi connectivity index (χ1v) is 7.02. The molecular weight excluding hydrogens is 276 g/mol. The predicted octanol–water partition coefficient (Wildman–Crippen LogP) is 2.61. The summed E-state index contributed by atoms with van der Waals surface area (Å²) < 4.78 is 5.05. The maximum Gasteiger partial charge on any atom is 0.319 e. The fraction of sp³-hybridized carbons (Fsp3) is 0.214. The molecule has 0 aliphatic rings. The van der Waals surface area contributed by atoms with Crippen molar-refractivity contribution in [1.82, 2.24) is 5.32 Å². The van der Waals surface area contributed by atoms with Crippen molar-refractivity contribution < 1.29 is 14.6 Å². The molecule has 0 fully saturated rings. The molecule has 0 saturated heterocycles. The molecule has 6 heteroatoms. The number of aliphatic hydroxyl groups excluding tert-OH is 1. The zero-order chi connectivity index (χ0) is 14.4. The molecule has 1 aromatic carbocycles. The highest BCUT2D eigenvalue weighted by molar-refractivity contribution is 7.08. The Balaban J connectivity index is 1.81. The van der Waals surface area contributed by atoms with E-state index in [1.54, 1.807) is 31.4 Å². The fourth-order valence-corrected chi connectivity index (χ4v) is 2.23. The van der Waals surface area contributed by atoms with Gasteiger partial charge in [0.1, 0.15) is 5.75 Å². The van der Waals surface area contributed by atoms with Gasteiger partial charge in [-0.25, -0.2) is 4.79 Å². The number of ether oxygens (including phenoxy) is 1. The number of aliphatic hydroxyl groups is 1. The molecule has 0 radical (unpaired) electrons. The van der Waals surface area contributed by atoms with Crippen molar-refractivity contribution in [3.63, 3.8) is 0 Å². The number of carbonyl (C=O) groups is 1. The van der Waals surface area contributed by atoms with Gasteiger partial charge in [0, 0.05) is 11.9 Å². The molecule has 0 aliphatic heterocycles. The zero-order valence-electron chi connectivity index (χ0n) is 11.0. The summed E-state index contributed by atoms with van der Waals surface area (Å²) in [6, 6.07) is 8.54. The number of urea groups is 1. The molecule has 0 saturated carbocycles. The summed E-state index contributed by atoms with van der Waals surface area (Å²) in [6.45, 7) is 0.141. The highest BCUT2D eigenvalue weighted by Gasteiger charge is 2.09. The Bertz CT molecular complexity index is 540. The van der Waals surface area contributed by atoms with Crippen molar-refractivity contribution in [2.45, 2.75) is 6.10 Å². The maximum atomic E-state index is 11.6. The fourth-order valence-electron chi connectivity index (χ4n) is 1.64. The van der Waals surface area contributed by atoms with E-state index in [9.17, 15) is 9.90 Å². The molecule has 5 nitrogen and oxygen atoms in total. The van der Waals surface area contributed by atoms with E-state index in [1.807, 2.05) is 16.8 Å². The summed E-state index contributed by atoms with van der Waals surface area (Å²) in [5.74, 6) is 0.726. The molecule has 2 aromatic rings. The van der Waals surface area contributed by atoms with Crippen molar-refractivity contribution in [1.29, 1.82) is 0 Å². The minimum Gasteiger partial charge on any atom is -0.497 e. The number of methoxy groups -OCH3 is 1. The minimum absolute atomic E-state index is 0.141. The van der Waals surface area contributed by atoms with E-state index < -0.39 is 6.10 Å². The van der Waals surface area contributed by atoms with Gasteiger partial charge in [-0.2, -0.15) is 11.3 Å². The molecule has 3 N–H and O–H groups in total. The van der Waals surface area contributed by atoms with E-state index in [1.165, 1.54) is 11.3 Å². The SMILES string of the molecule is COc1ccc(C(O)CNC(=O)Nc2ccsc2)cc1. The van der Waals surface area contributed by atoms with Gasteiger partial charge in [-0.05, 0) is 29.1 Å². The van der Waals surface area contributed by atoms with Gasteiger partial charge in [-0.3, -0.25) is 0 Å². The molecule has 2 amide bonds. The van der Waals surface area contributed by atoms with E-state index >= 15 is 0 Å². The monoisotopic (exact) mass is 292 g/mol. The highest BCUT2D eigenvalue weighted by atomic mass is 32.1. The third-order valence-electron chi connectivity index (χ3n) is 2.74. The lowest BCUT2D eigenvalue weighted by molar-refractivity contribution is 0.175. The quantitative estimate of drug-likeness (QED) is 0.793. The van der Waals surface area contributed by atoms with E-state index in [0.29, 0.717) is 0 Å². The molecule has 106 valence electrons. The standard InChI is InChI=1S/C14H16N2O3S/c1-19-12-4-2-10(3-5-12)13(17)8-15-14(18)16-11-6-7-20-9-11/h2-7,9,13,17H,8H2,1H3,(H2,15,16,18). The lowest BCUT2D eigenvalue weighted by atomic mass is 10.1. The van der Waals surface area contributed by atoms with Crippen LogP contribution in [0.25, 0.3) is 0 Å². The lowest BCUT2D eigenvalue weighted by Crippen LogP contribution is -2.32. The van der Waals surface area contributed by atoms with Crippen molar-refractivity contribution >= 4 is 23.1 Å². The van der Waals surface area contributed by atoms with Crippen LogP contribution in [0.15, 0.2) is 41.1 Å². The van der Waals surface area contributed by atoms with Crippen LogP contribution in [-0.2, 0) is 0 Å². The molecule has 1 heterocycles. The Hall–Kier alpha value is -2.05. The van der Waals surface area contributed by atoms with Gasteiger partial charge in [-0.15, -0.1) is 0 Å². The van der Waals surface area contributed by atoms with Crippen molar-refractivity contribution in [3.8, 4) is 5.75 Å². The number of hydrogen-bond donors (Lipinski definition) is 3. The third-order valence-corrected chi connectivity index (χ3v) is 3.42. The summed E-state index contributed by atoms with van der Waals surface area (Å²) in [5.41, 5.74) is 1.47. The van der Waals surface area contributed by atoms with Crippen molar-refractivity contribution in [2.24, 2.45) is 0 Å². The van der Waals surface area contributed by atoms with Crippen molar-refractivity contribution in [2.75, 3.05) is 19.0 Å². The molecular formula is C14H16N2O3S. The molecule has 2 rings (SSSR count). The molecule has 20 heavy (non-hydrogen) atoms. The first-order chi connectivity index (χ1) is 9.69. The highest BCUT2D eigenvalue weighted by Crippen LogP contribution is 2.17. The van der Waals surface area contributed by atoms with Gasteiger partial charge in [0.25, 0.3) is 0 Å². The average molecular weight is 292 g/mol. The third kappa shape index (κ3) is 3.97. The second-order valence-electron chi connectivity index (χ2n) is 4.14. The van der Waals surface area contributed by atoms with Crippen molar-refractivity contribution in [3.05, 3.63) is 46.7 Å². The number of rotatable bonds is 5. The van der Waals surface area contributed by atoms with Crippen LogP contribution in [0.4, 0.5) is 10.5 Å². The number of nitrogens with one attached hydrogen (secondary N) is 2. The number of thiophene rings is 1. The predicted molar refractivity (Wildman–Crippen MR) is 79.3 cm³/mol. The van der Waals surface area contributed by atoms with Gasteiger partial charge in [0.2, 0.25) is 0 Å². The van der Waals surface area contributed by atoms with E-state index in [4.69, 9.17) is 4.74 Å². The van der Waals surface area contributed by atoms with Crippen LogP contribution in [0.5, 0.6) is 5.75 Å². The molecule has 0 aliphatic carbocycles. The second kappa shape index (κ2) is 6.93. The largest absolute Gasteiger partial charge is 0.497 e. The van der Waals surface area contributed by atoms with Crippen LogP contribution in [0.3, 0.4) is 0 Å². The number of hydrogen-bond acceptors (Lipinski definition) is 4. The first-order valence-electron chi connectivity index (χ1n) is 6.08. The van der Waals surface area contributed by atoms with Gasteiger partial charge in [-0.1, -0.05) is 12.1 Å². The van der Waals surface area contributed by atoms with Gasteiger partial charge >= 0.3 is 6.03 Å². The molecule has 1 atom stereocenters. The van der Waals surface area contributed by atoms with E-state index in [0.717, 1.165) is 17.0 Å². The average Bonchev–Trinajstić information content (AvgIpc) is 2.97. The molecule has 0 bridgehead atoms. The van der Waals surface area contributed by atoms with Crippen LogP contribution in [0.1, 0.15) is 11.7 Å². The Morgan fingerprint density at radius 1 is 1.35 bits per heavy atom. The summed E-state index contributed by atoms with van der Waals surface area (Å²) in [6.07, 6.45) is -0.755. The molecule has 1 unspecified atom stereocenters. The molecule has 0 spiro atoms.